The minimum Gasteiger partial charge on any atom is -0.337 e. The van der Waals surface area contributed by atoms with E-state index in [0.29, 0.717) is 10.8 Å². The molecule has 0 aliphatic carbocycles. The molecule has 3 heterocycles. The fraction of sp³-hybridized carbons (Fsp3) is 0.571. The normalized spacial score (nSPS) is 19.0. The van der Waals surface area contributed by atoms with E-state index in [1.54, 1.807) is 0 Å². The molecule has 1 fully saturated rings. The molecule has 7 heteroatoms. The number of likely N-dealkylation sites (tertiary alicyclic amines) is 1. The largest absolute Gasteiger partial charge is 0.337 e. The van der Waals surface area contributed by atoms with Crippen LogP contribution in [0.15, 0.2) is 6.07 Å². The summed E-state index contributed by atoms with van der Waals surface area (Å²) in [4.78, 5) is 15.3. The van der Waals surface area contributed by atoms with E-state index >= 15 is 0 Å². The Labute approximate surface area is 127 Å². The molecule has 1 saturated heterocycles. The van der Waals surface area contributed by atoms with Crippen LogP contribution in [-0.4, -0.2) is 43.7 Å². The summed E-state index contributed by atoms with van der Waals surface area (Å²) in [5.74, 6) is 0.386. The van der Waals surface area contributed by atoms with Crippen LogP contribution in [-0.2, 0) is 6.42 Å². The van der Waals surface area contributed by atoms with Crippen molar-refractivity contribution in [1.29, 1.82) is 0 Å². The molecule has 0 aromatic carbocycles. The Hall–Kier alpha value is -1.76. The maximum absolute atomic E-state index is 12.7. The topological polar surface area (TPSA) is 74.8 Å². The average molecular weight is 305 g/mol. The van der Waals surface area contributed by atoms with Crippen LogP contribution in [0.1, 0.15) is 52.4 Å². The highest BCUT2D eigenvalue weighted by Gasteiger charge is 2.29. The summed E-state index contributed by atoms with van der Waals surface area (Å²) < 4.78 is 3.92. The zero-order chi connectivity index (χ0) is 14.8. The van der Waals surface area contributed by atoms with Crippen molar-refractivity contribution in [3.8, 4) is 0 Å². The van der Waals surface area contributed by atoms with Gasteiger partial charge in [-0.25, -0.2) is 0 Å². The Kier molecular flexibility index (Phi) is 4.01. The number of piperidine rings is 1. The van der Waals surface area contributed by atoms with Crippen LogP contribution < -0.4 is 0 Å². The Morgan fingerprint density at radius 2 is 2.43 bits per heavy atom. The second-order valence-electron chi connectivity index (χ2n) is 5.47. The van der Waals surface area contributed by atoms with Gasteiger partial charge in [0, 0.05) is 24.7 Å². The van der Waals surface area contributed by atoms with Gasteiger partial charge >= 0.3 is 0 Å². The van der Waals surface area contributed by atoms with Gasteiger partial charge in [-0.2, -0.15) is 5.10 Å². The Morgan fingerprint density at radius 3 is 3.14 bits per heavy atom. The van der Waals surface area contributed by atoms with Gasteiger partial charge < -0.3 is 4.90 Å². The molecule has 21 heavy (non-hydrogen) atoms. The van der Waals surface area contributed by atoms with E-state index in [-0.39, 0.29) is 5.91 Å². The van der Waals surface area contributed by atoms with Gasteiger partial charge in [0.25, 0.3) is 5.91 Å². The van der Waals surface area contributed by atoms with Crippen molar-refractivity contribution >= 4 is 17.4 Å². The van der Waals surface area contributed by atoms with Crippen LogP contribution >= 0.6 is 11.5 Å². The van der Waals surface area contributed by atoms with E-state index in [4.69, 9.17) is 0 Å². The van der Waals surface area contributed by atoms with Gasteiger partial charge in [0.2, 0.25) is 0 Å². The highest BCUT2D eigenvalue weighted by Crippen LogP contribution is 2.27. The lowest BCUT2D eigenvalue weighted by Gasteiger charge is -2.31. The number of carbonyl (C=O) groups is 1. The smallest absolute Gasteiger partial charge is 0.267 e. The molecule has 0 saturated carbocycles. The fourth-order valence-electron chi connectivity index (χ4n) is 2.80. The molecule has 1 aliphatic rings. The number of aromatic amines is 1. The first-order chi connectivity index (χ1) is 10.2. The van der Waals surface area contributed by atoms with E-state index < -0.39 is 0 Å². The second kappa shape index (κ2) is 5.93. The molecule has 0 bridgehead atoms. The summed E-state index contributed by atoms with van der Waals surface area (Å²) in [6, 6.07) is 2.07. The highest BCUT2D eigenvalue weighted by atomic mass is 32.1. The summed E-state index contributed by atoms with van der Waals surface area (Å²) in [7, 11) is 0. The van der Waals surface area contributed by atoms with Crippen LogP contribution in [0.2, 0.25) is 0 Å². The Balaban J connectivity index is 1.75. The van der Waals surface area contributed by atoms with Gasteiger partial charge in [0.1, 0.15) is 4.88 Å². The maximum Gasteiger partial charge on any atom is 0.267 e. The molecule has 0 radical (unpaired) electrons. The summed E-state index contributed by atoms with van der Waals surface area (Å²) in [5, 5.41) is 11.4. The standard InChI is InChI=1S/C14H19N5OS/c1-3-11-13(21-18-17-11)14(20)19-6-4-5-10(8-19)12-7-9(2)15-16-12/h7,10H,3-6,8H2,1-2H3,(H,15,16)/t10-/m0/s1. The number of carbonyl (C=O) groups excluding carboxylic acids is 1. The van der Waals surface area contributed by atoms with Gasteiger partial charge in [-0.3, -0.25) is 9.89 Å². The van der Waals surface area contributed by atoms with Crippen LogP contribution in [0.4, 0.5) is 0 Å². The number of nitrogens with zero attached hydrogens (tertiary/aromatic N) is 4. The predicted molar refractivity (Wildman–Crippen MR) is 80.5 cm³/mol. The van der Waals surface area contributed by atoms with Crippen LogP contribution in [0.25, 0.3) is 0 Å². The average Bonchev–Trinajstić information content (AvgIpc) is 3.15. The third-order valence-electron chi connectivity index (χ3n) is 3.94. The van der Waals surface area contributed by atoms with Crippen LogP contribution in [0, 0.1) is 6.92 Å². The molecule has 1 aliphatic heterocycles. The van der Waals surface area contributed by atoms with E-state index in [0.717, 1.165) is 49.4 Å². The first-order valence-corrected chi connectivity index (χ1v) is 8.08. The highest BCUT2D eigenvalue weighted by molar-refractivity contribution is 7.08. The molecule has 1 atom stereocenters. The SMILES string of the molecule is CCc1nnsc1C(=O)N1CCC[C@H](c2cc(C)[nH]n2)C1. The Bertz CT molecular complexity index is 635. The van der Waals surface area contributed by atoms with Gasteiger partial charge in [0.15, 0.2) is 0 Å². The van der Waals surface area contributed by atoms with Gasteiger partial charge in [0.05, 0.1) is 11.4 Å². The number of rotatable bonds is 3. The number of nitrogens with one attached hydrogen (secondary N) is 1. The lowest BCUT2D eigenvalue weighted by molar-refractivity contribution is 0.0709. The van der Waals surface area contributed by atoms with Gasteiger partial charge in [-0.05, 0) is 43.8 Å². The first-order valence-electron chi connectivity index (χ1n) is 7.31. The molecule has 1 N–H and O–H groups in total. The summed E-state index contributed by atoms with van der Waals surface area (Å²) in [6.07, 6.45) is 2.83. The number of hydrogen-bond donors (Lipinski definition) is 1. The number of aromatic nitrogens is 4. The summed E-state index contributed by atoms with van der Waals surface area (Å²) in [5.41, 5.74) is 2.93. The van der Waals surface area contributed by atoms with Gasteiger partial charge in [-0.1, -0.05) is 11.4 Å². The molecular formula is C14H19N5OS. The minimum absolute atomic E-state index is 0.0683. The summed E-state index contributed by atoms with van der Waals surface area (Å²) >= 11 is 1.20. The van der Waals surface area contributed by atoms with Crippen molar-refractivity contribution in [2.75, 3.05) is 13.1 Å². The number of H-pyrrole nitrogens is 1. The van der Waals surface area contributed by atoms with Crippen molar-refractivity contribution in [3.05, 3.63) is 28.0 Å². The monoisotopic (exact) mass is 305 g/mol. The predicted octanol–water partition coefficient (Wildman–Crippen LogP) is 2.15. The molecule has 0 unspecified atom stereocenters. The molecule has 2 aromatic rings. The quantitative estimate of drug-likeness (QED) is 0.943. The zero-order valence-corrected chi connectivity index (χ0v) is 13.1. The molecule has 0 spiro atoms. The van der Waals surface area contributed by atoms with Crippen LogP contribution in [0.5, 0.6) is 0 Å². The van der Waals surface area contributed by atoms with Crippen molar-refractivity contribution in [2.45, 2.75) is 39.0 Å². The lowest BCUT2D eigenvalue weighted by atomic mass is 9.94. The number of aryl methyl sites for hydroxylation is 2. The molecule has 1 amide bonds. The molecule has 2 aromatic heterocycles. The minimum atomic E-state index is 0.0683. The van der Waals surface area contributed by atoms with Crippen molar-refractivity contribution in [2.24, 2.45) is 0 Å². The molecule has 3 rings (SSSR count). The molecule has 6 nitrogen and oxygen atoms in total. The first kappa shape index (κ1) is 14.2. The third-order valence-corrected chi connectivity index (χ3v) is 4.69. The number of amides is 1. The van der Waals surface area contributed by atoms with E-state index in [2.05, 4.69) is 25.9 Å². The van der Waals surface area contributed by atoms with Gasteiger partial charge in [-0.15, -0.1) is 5.10 Å². The van der Waals surface area contributed by atoms with E-state index in [9.17, 15) is 4.79 Å². The Morgan fingerprint density at radius 1 is 1.57 bits per heavy atom. The molecule has 112 valence electrons. The second-order valence-corrected chi connectivity index (χ2v) is 6.22. The van der Waals surface area contributed by atoms with Crippen molar-refractivity contribution < 1.29 is 4.79 Å². The molecular weight excluding hydrogens is 286 g/mol. The third kappa shape index (κ3) is 2.83. The zero-order valence-electron chi connectivity index (χ0n) is 12.3. The van der Waals surface area contributed by atoms with Crippen molar-refractivity contribution in [1.82, 2.24) is 24.7 Å². The fourth-order valence-corrected chi connectivity index (χ4v) is 3.52. The summed E-state index contributed by atoms with van der Waals surface area (Å²) in [6.45, 7) is 5.53. The lowest BCUT2D eigenvalue weighted by Crippen LogP contribution is -2.39. The van der Waals surface area contributed by atoms with E-state index in [1.165, 1.54) is 11.5 Å². The number of hydrogen-bond acceptors (Lipinski definition) is 5. The van der Waals surface area contributed by atoms with E-state index in [1.807, 2.05) is 18.7 Å². The maximum atomic E-state index is 12.7. The van der Waals surface area contributed by atoms with Crippen molar-refractivity contribution in [3.63, 3.8) is 0 Å². The van der Waals surface area contributed by atoms with Crippen LogP contribution in [0.3, 0.4) is 0 Å².